The van der Waals surface area contributed by atoms with E-state index in [1.807, 2.05) is 6.07 Å². The van der Waals surface area contributed by atoms with E-state index in [0.29, 0.717) is 12.0 Å². The number of rotatable bonds is 6. The van der Waals surface area contributed by atoms with Gasteiger partial charge in [-0.2, -0.15) is 0 Å². The van der Waals surface area contributed by atoms with Crippen LogP contribution in [-0.2, 0) is 6.42 Å². The van der Waals surface area contributed by atoms with Crippen molar-refractivity contribution in [2.24, 2.45) is 0 Å². The normalized spacial score (nSPS) is 12.6. The van der Waals surface area contributed by atoms with E-state index in [2.05, 4.69) is 12.2 Å². The Morgan fingerprint density at radius 2 is 2.11 bits per heavy atom. The van der Waals surface area contributed by atoms with Gasteiger partial charge in [0.1, 0.15) is 17.4 Å². The first-order chi connectivity index (χ1) is 9.20. The number of hydrogen-bond acceptors (Lipinski definition) is 2. The maximum absolute atomic E-state index is 13.7. The molecule has 0 aliphatic rings. The second kappa shape index (κ2) is 6.48. The Balaban J connectivity index is 2.15. The van der Waals surface area contributed by atoms with Gasteiger partial charge >= 0.3 is 0 Å². The zero-order valence-corrected chi connectivity index (χ0v) is 10.8. The van der Waals surface area contributed by atoms with Crippen LogP contribution in [0, 0.1) is 11.6 Å². The molecule has 19 heavy (non-hydrogen) atoms. The fourth-order valence-electron chi connectivity index (χ4n) is 1.99. The van der Waals surface area contributed by atoms with Crippen molar-refractivity contribution in [3.05, 3.63) is 59.6 Å². The standard InChI is InChI=1S/C15H17F2NO/c1-2-7-18-14(15-4-3-8-19-15)9-11-5-6-12(16)10-13(11)17/h3-6,8,10,14,18H,2,7,9H2,1H3. The molecule has 1 atom stereocenters. The monoisotopic (exact) mass is 265 g/mol. The molecule has 2 aromatic rings. The number of nitrogens with one attached hydrogen (secondary N) is 1. The van der Waals surface area contributed by atoms with Gasteiger partial charge in [-0.15, -0.1) is 0 Å². The summed E-state index contributed by atoms with van der Waals surface area (Å²) in [6, 6.07) is 7.22. The summed E-state index contributed by atoms with van der Waals surface area (Å²) in [6.45, 7) is 2.87. The smallest absolute Gasteiger partial charge is 0.129 e. The minimum atomic E-state index is -0.558. The van der Waals surface area contributed by atoms with Crippen LogP contribution in [0.1, 0.15) is 30.7 Å². The topological polar surface area (TPSA) is 25.2 Å². The van der Waals surface area contributed by atoms with Crippen LogP contribution in [0.4, 0.5) is 8.78 Å². The van der Waals surface area contributed by atoms with E-state index in [9.17, 15) is 8.78 Å². The second-order valence-electron chi connectivity index (χ2n) is 4.46. The first kappa shape index (κ1) is 13.7. The van der Waals surface area contributed by atoms with Crippen LogP contribution in [0.2, 0.25) is 0 Å². The van der Waals surface area contributed by atoms with Crippen molar-refractivity contribution in [2.75, 3.05) is 6.54 Å². The third-order valence-electron chi connectivity index (χ3n) is 2.97. The highest BCUT2D eigenvalue weighted by Crippen LogP contribution is 2.21. The van der Waals surface area contributed by atoms with Crippen molar-refractivity contribution in [2.45, 2.75) is 25.8 Å². The molecule has 102 valence electrons. The Morgan fingerprint density at radius 3 is 2.74 bits per heavy atom. The Hall–Kier alpha value is -1.68. The molecule has 4 heteroatoms. The molecule has 0 aliphatic heterocycles. The third-order valence-corrected chi connectivity index (χ3v) is 2.97. The molecule has 0 aliphatic carbocycles. The van der Waals surface area contributed by atoms with Gasteiger partial charge in [0.25, 0.3) is 0 Å². The van der Waals surface area contributed by atoms with E-state index in [-0.39, 0.29) is 6.04 Å². The molecular weight excluding hydrogens is 248 g/mol. The van der Waals surface area contributed by atoms with Crippen LogP contribution in [-0.4, -0.2) is 6.54 Å². The average molecular weight is 265 g/mol. The lowest BCUT2D eigenvalue weighted by molar-refractivity contribution is 0.406. The van der Waals surface area contributed by atoms with Gasteiger partial charge in [-0.05, 0) is 43.1 Å². The molecule has 0 bridgehead atoms. The van der Waals surface area contributed by atoms with E-state index in [1.54, 1.807) is 12.3 Å². The van der Waals surface area contributed by atoms with Crippen LogP contribution >= 0.6 is 0 Å². The van der Waals surface area contributed by atoms with Gasteiger partial charge in [0, 0.05) is 6.07 Å². The van der Waals surface area contributed by atoms with Crippen molar-refractivity contribution in [3.63, 3.8) is 0 Å². The summed E-state index contributed by atoms with van der Waals surface area (Å²) in [7, 11) is 0. The summed E-state index contributed by atoms with van der Waals surface area (Å²) in [5.74, 6) is -0.315. The van der Waals surface area contributed by atoms with Gasteiger partial charge in [-0.3, -0.25) is 0 Å². The van der Waals surface area contributed by atoms with E-state index >= 15 is 0 Å². The van der Waals surface area contributed by atoms with Crippen LogP contribution < -0.4 is 5.32 Å². The van der Waals surface area contributed by atoms with Gasteiger partial charge in [0.2, 0.25) is 0 Å². The zero-order chi connectivity index (χ0) is 13.7. The van der Waals surface area contributed by atoms with Crippen LogP contribution in [0.25, 0.3) is 0 Å². The summed E-state index contributed by atoms with van der Waals surface area (Å²) >= 11 is 0. The van der Waals surface area contributed by atoms with Gasteiger partial charge in [0.05, 0.1) is 12.3 Å². The number of halogens is 2. The third kappa shape index (κ3) is 3.64. The van der Waals surface area contributed by atoms with E-state index in [1.165, 1.54) is 12.1 Å². The van der Waals surface area contributed by atoms with E-state index in [4.69, 9.17) is 4.42 Å². The van der Waals surface area contributed by atoms with Crippen LogP contribution in [0.5, 0.6) is 0 Å². The summed E-state index contributed by atoms with van der Waals surface area (Å²) in [5.41, 5.74) is 0.478. The molecule has 1 N–H and O–H groups in total. The molecule has 0 spiro atoms. The predicted octanol–water partition coefficient (Wildman–Crippen LogP) is 3.84. The molecule has 1 aromatic carbocycles. The fraction of sp³-hybridized carbons (Fsp3) is 0.333. The lowest BCUT2D eigenvalue weighted by atomic mass is 10.0. The summed E-state index contributed by atoms with van der Waals surface area (Å²) in [6.07, 6.45) is 3.00. The molecule has 0 fully saturated rings. The molecule has 1 unspecified atom stereocenters. The molecule has 1 aromatic heterocycles. The van der Waals surface area contributed by atoms with Gasteiger partial charge < -0.3 is 9.73 Å². The van der Waals surface area contributed by atoms with Crippen molar-refractivity contribution >= 4 is 0 Å². The summed E-state index contributed by atoms with van der Waals surface area (Å²) in [4.78, 5) is 0. The van der Waals surface area contributed by atoms with Crippen LogP contribution in [0.15, 0.2) is 41.0 Å². The SMILES string of the molecule is CCCNC(Cc1ccc(F)cc1F)c1ccco1. The molecule has 2 nitrogen and oxygen atoms in total. The quantitative estimate of drug-likeness (QED) is 0.858. The van der Waals surface area contributed by atoms with Crippen molar-refractivity contribution in [3.8, 4) is 0 Å². The Bertz CT molecular complexity index is 511. The van der Waals surface area contributed by atoms with Crippen molar-refractivity contribution in [1.29, 1.82) is 0 Å². The highest BCUT2D eigenvalue weighted by Gasteiger charge is 2.16. The van der Waals surface area contributed by atoms with E-state index < -0.39 is 11.6 Å². The largest absolute Gasteiger partial charge is 0.468 e. The number of furan rings is 1. The molecular formula is C15H17F2NO. The molecule has 2 rings (SSSR count). The minimum absolute atomic E-state index is 0.102. The Kier molecular flexibility index (Phi) is 4.68. The summed E-state index contributed by atoms with van der Waals surface area (Å²) < 4.78 is 31.9. The average Bonchev–Trinajstić information content (AvgIpc) is 2.90. The maximum Gasteiger partial charge on any atom is 0.129 e. The van der Waals surface area contributed by atoms with Gasteiger partial charge in [-0.25, -0.2) is 8.78 Å². The molecule has 0 radical (unpaired) electrons. The maximum atomic E-state index is 13.7. The fourth-order valence-corrected chi connectivity index (χ4v) is 1.99. The first-order valence-electron chi connectivity index (χ1n) is 6.41. The number of benzene rings is 1. The van der Waals surface area contributed by atoms with Gasteiger partial charge in [0.15, 0.2) is 0 Å². The Labute approximate surface area is 111 Å². The molecule has 0 saturated carbocycles. The van der Waals surface area contributed by atoms with Crippen LogP contribution in [0.3, 0.4) is 0 Å². The zero-order valence-electron chi connectivity index (χ0n) is 10.8. The minimum Gasteiger partial charge on any atom is -0.468 e. The Morgan fingerprint density at radius 1 is 1.26 bits per heavy atom. The molecule has 0 saturated heterocycles. The predicted molar refractivity (Wildman–Crippen MR) is 69.8 cm³/mol. The lowest BCUT2D eigenvalue weighted by Gasteiger charge is -2.16. The second-order valence-corrected chi connectivity index (χ2v) is 4.46. The molecule has 1 heterocycles. The first-order valence-corrected chi connectivity index (χ1v) is 6.41. The van der Waals surface area contributed by atoms with Crippen molar-refractivity contribution in [1.82, 2.24) is 5.32 Å². The van der Waals surface area contributed by atoms with E-state index in [0.717, 1.165) is 24.8 Å². The number of hydrogen-bond donors (Lipinski definition) is 1. The summed E-state index contributed by atoms with van der Waals surface area (Å²) in [5, 5.41) is 3.31. The highest BCUT2D eigenvalue weighted by atomic mass is 19.1. The highest BCUT2D eigenvalue weighted by molar-refractivity contribution is 5.21. The molecule has 0 amide bonds. The van der Waals surface area contributed by atoms with Crippen molar-refractivity contribution < 1.29 is 13.2 Å². The lowest BCUT2D eigenvalue weighted by Crippen LogP contribution is -2.24. The van der Waals surface area contributed by atoms with Gasteiger partial charge in [-0.1, -0.05) is 13.0 Å².